The van der Waals surface area contributed by atoms with Crippen LogP contribution in [-0.4, -0.2) is 31.8 Å². The number of carbonyl (C=O) groups is 1. The number of aliphatic hydroxyl groups excluding tert-OH is 1. The van der Waals surface area contributed by atoms with Crippen molar-refractivity contribution in [3.8, 4) is 0 Å². The van der Waals surface area contributed by atoms with E-state index in [0.717, 1.165) is 5.56 Å². The molecule has 0 aliphatic rings. The molecule has 0 saturated heterocycles. The van der Waals surface area contributed by atoms with Crippen LogP contribution in [0.25, 0.3) is 0 Å². The number of rotatable bonds is 7. The molecule has 7 heteroatoms. The number of benzene rings is 1. The molecule has 0 bridgehead atoms. The fraction of sp³-hybridized carbons (Fsp3) is 0.353. The van der Waals surface area contributed by atoms with Crippen LogP contribution in [0.2, 0.25) is 0 Å². The summed E-state index contributed by atoms with van der Waals surface area (Å²) in [6.07, 6.45) is 0. The normalized spacial score (nSPS) is 11.7. The zero-order valence-electron chi connectivity index (χ0n) is 13.7. The van der Waals surface area contributed by atoms with Gasteiger partial charge in [-0.05, 0) is 35.7 Å². The van der Waals surface area contributed by atoms with Crippen molar-refractivity contribution in [2.24, 2.45) is 0 Å². The van der Waals surface area contributed by atoms with E-state index in [1.165, 1.54) is 28.3 Å². The number of sulfone groups is 1. The molecule has 1 amide bonds. The Morgan fingerprint density at radius 3 is 2.38 bits per heavy atom. The smallest absolute Gasteiger partial charge is 0.261 e. The molecule has 0 fully saturated rings. The van der Waals surface area contributed by atoms with E-state index in [9.17, 15) is 13.2 Å². The van der Waals surface area contributed by atoms with Crippen molar-refractivity contribution in [3.05, 3.63) is 51.7 Å². The van der Waals surface area contributed by atoms with E-state index in [2.05, 4.69) is 19.2 Å². The summed E-state index contributed by atoms with van der Waals surface area (Å²) in [5.41, 5.74) is 0.812. The van der Waals surface area contributed by atoms with Gasteiger partial charge in [0.2, 0.25) is 0 Å². The minimum Gasteiger partial charge on any atom is -0.395 e. The van der Waals surface area contributed by atoms with Crippen LogP contribution in [0.4, 0.5) is 0 Å². The van der Waals surface area contributed by atoms with E-state index in [1.54, 1.807) is 12.1 Å². The average Bonchev–Trinajstić information content (AvgIpc) is 3.03. The Kier molecular flexibility index (Phi) is 6.15. The molecule has 0 unspecified atom stereocenters. The van der Waals surface area contributed by atoms with Crippen molar-refractivity contribution < 1.29 is 18.3 Å². The Labute approximate surface area is 146 Å². The SMILES string of the molecule is CC(C)c1ccc(C(=O)NCc2ccc(S(=O)(=O)CCO)cc2)s1. The van der Waals surface area contributed by atoms with Gasteiger partial charge in [-0.3, -0.25) is 4.79 Å². The van der Waals surface area contributed by atoms with Gasteiger partial charge in [-0.25, -0.2) is 8.42 Å². The maximum Gasteiger partial charge on any atom is 0.261 e. The molecule has 0 radical (unpaired) electrons. The van der Waals surface area contributed by atoms with Crippen LogP contribution in [0.15, 0.2) is 41.3 Å². The number of hydrogen-bond donors (Lipinski definition) is 2. The van der Waals surface area contributed by atoms with E-state index in [0.29, 0.717) is 17.3 Å². The van der Waals surface area contributed by atoms with Crippen LogP contribution >= 0.6 is 11.3 Å². The van der Waals surface area contributed by atoms with Crippen molar-refractivity contribution in [2.75, 3.05) is 12.4 Å². The number of hydrogen-bond acceptors (Lipinski definition) is 5. The minimum atomic E-state index is -3.44. The van der Waals surface area contributed by atoms with E-state index < -0.39 is 16.4 Å². The monoisotopic (exact) mass is 367 g/mol. The third-order valence-corrected chi connectivity index (χ3v) is 6.61. The van der Waals surface area contributed by atoms with Gasteiger partial charge in [0.05, 0.1) is 22.1 Å². The fourth-order valence-electron chi connectivity index (χ4n) is 2.11. The number of nitrogens with one attached hydrogen (secondary N) is 1. The van der Waals surface area contributed by atoms with E-state index in [-0.39, 0.29) is 16.6 Å². The fourth-order valence-corrected chi connectivity index (χ4v) is 4.06. The van der Waals surface area contributed by atoms with Gasteiger partial charge in [-0.1, -0.05) is 26.0 Å². The average molecular weight is 367 g/mol. The number of thiophene rings is 1. The Balaban J connectivity index is 1.98. The third-order valence-electron chi connectivity index (χ3n) is 3.52. The Morgan fingerprint density at radius 1 is 1.17 bits per heavy atom. The number of carbonyl (C=O) groups excluding carboxylic acids is 1. The summed E-state index contributed by atoms with van der Waals surface area (Å²) in [7, 11) is -3.44. The summed E-state index contributed by atoms with van der Waals surface area (Å²) >= 11 is 1.48. The van der Waals surface area contributed by atoms with E-state index in [1.807, 2.05) is 12.1 Å². The lowest BCUT2D eigenvalue weighted by atomic mass is 10.2. The molecule has 0 atom stereocenters. The highest BCUT2D eigenvalue weighted by atomic mass is 32.2. The lowest BCUT2D eigenvalue weighted by Crippen LogP contribution is -2.21. The summed E-state index contributed by atoms with van der Waals surface area (Å²) in [5, 5.41) is 11.6. The van der Waals surface area contributed by atoms with Crippen LogP contribution in [0.5, 0.6) is 0 Å². The van der Waals surface area contributed by atoms with Crippen LogP contribution < -0.4 is 5.32 Å². The third kappa shape index (κ3) is 4.66. The maximum absolute atomic E-state index is 12.1. The molecule has 24 heavy (non-hydrogen) atoms. The first-order valence-corrected chi connectivity index (χ1v) is 10.1. The Morgan fingerprint density at radius 2 is 1.83 bits per heavy atom. The molecule has 2 N–H and O–H groups in total. The molecule has 0 spiro atoms. The zero-order chi connectivity index (χ0) is 17.7. The Hall–Kier alpha value is -1.70. The van der Waals surface area contributed by atoms with Crippen molar-refractivity contribution in [3.63, 3.8) is 0 Å². The highest BCUT2D eigenvalue weighted by Crippen LogP contribution is 2.24. The second kappa shape index (κ2) is 7.92. The van der Waals surface area contributed by atoms with Crippen LogP contribution in [0, 0.1) is 0 Å². The molecule has 0 aliphatic heterocycles. The summed E-state index contributed by atoms with van der Waals surface area (Å²) in [6.45, 7) is 4.09. The summed E-state index contributed by atoms with van der Waals surface area (Å²) < 4.78 is 23.6. The van der Waals surface area contributed by atoms with Gasteiger partial charge >= 0.3 is 0 Å². The maximum atomic E-state index is 12.1. The van der Waals surface area contributed by atoms with E-state index in [4.69, 9.17) is 5.11 Å². The molecular formula is C17H21NO4S2. The van der Waals surface area contributed by atoms with Gasteiger partial charge in [0.15, 0.2) is 9.84 Å². The van der Waals surface area contributed by atoms with Crippen LogP contribution in [0.1, 0.15) is 39.9 Å². The molecule has 0 saturated carbocycles. The molecular weight excluding hydrogens is 346 g/mol. The van der Waals surface area contributed by atoms with Gasteiger partial charge in [-0.15, -0.1) is 11.3 Å². The second-order valence-corrected chi connectivity index (χ2v) is 8.95. The van der Waals surface area contributed by atoms with Gasteiger partial charge in [0, 0.05) is 11.4 Å². The van der Waals surface area contributed by atoms with Crippen molar-refractivity contribution >= 4 is 27.1 Å². The molecule has 2 aromatic rings. The van der Waals surface area contributed by atoms with Crippen LogP contribution in [0.3, 0.4) is 0 Å². The van der Waals surface area contributed by atoms with Gasteiger partial charge < -0.3 is 10.4 Å². The predicted molar refractivity (Wildman–Crippen MR) is 95.2 cm³/mol. The van der Waals surface area contributed by atoms with Crippen molar-refractivity contribution in [2.45, 2.75) is 31.2 Å². The summed E-state index contributed by atoms with van der Waals surface area (Å²) in [5.74, 6) is -0.0338. The molecule has 130 valence electrons. The van der Waals surface area contributed by atoms with Crippen molar-refractivity contribution in [1.82, 2.24) is 5.32 Å². The zero-order valence-corrected chi connectivity index (χ0v) is 15.3. The molecule has 5 nitrogen and oxygen atoms in total. The summed E-state index contributed by atoms with van der Waals surface area (Å²) in [4.78, 5) is 14.1. The van der Waals surface area contributed by atoms with Crippen molar-refractivity contribution in [1.29, 1.82) is 0 Å². The standard InChI is InChI=1S/C17H21NO4S2/c1-12(2)15-7-8-16(23-15)17(20)18-11-13-3-5-14(6-4-13)24(21,22)10-9-19/h3-8,12,19H,9-11H2,1-2H3,(H,18,20). The first-order valence-electron chi connectivity index (χ1n) is 7.64. The van der Waals surface area contributed by atoms with Gasteiger partial charge in [-0.2, -0.15) is 0 Å². The molecule has 0 aliphatic carbocycles. The molecule has 1 aromatic carbocycles. The minimum absolute atomic E-state index is 0.135. The van der Waals surface area contributed by atoms with Gasteiger partial charge in [0.1, 0.15) is 0 Å². The first kappa shape index (κ1) is 18.6. The summed E-state index contributed by atoms with van der Waals surface area (Å²) in [6, 6.07) is 10.1. The number of aliphatic hydroxyl groups is 1. The largest absolute Gasteiger partial charge is 0.395 e. The second-order valence-electron chi connectivity index (χ2n) is 5.73. The Bertz CT molecular complexity index is 792. The highest BCUT2D eigenvalue weighted by Gasteiger charge is 2.14. The van der Waals surface area contributed by atoms with Gasteiger partial charge in [0.25, 0.3) is 5.91 Å². The quantitative estimate of drug-likeness (QED) is 0.788. The number of amides is 1. The highest BCUT2D eigenvalue weighted by molar-refractivity contribution is 7.91. The van der Waals surface area contributed by atoms with Crippen LogP contribution in [-0.2, 0) is 16.4 Å². The molecule has 1 heterocycles. The van der Waals surface area contributed by atoms with E-state index >= 15 is 0 Å². The molecule has 2 rings (SSSR count). The molecule has 1 aromatic heterocycles. The topological polar surface area (TPSA) is 83.5 Å². The predicted octanol–water partition coefficient (Wildman–Crippen LogP) is 2.57. The lowest BCUT2D eigenvalue weighted by Gasteiger charge is -2.06. The lowest BCUT2D eigenvalue weighted by molar-refractivity contribution is 0.0955. The first-order chi connectivity index (χ1) is 11.3.